The molecule has 0 N–H and O–H groups in total. The molecule has 1 atom stereocenters. The Morgan fingerprint density at radius 2 is 1.86 bits per heavy atom. The van der Waals surface area contributed by atoms with E-state index >= 15 is 0 Å². The van der Waals surface area contributed by atoms with Gasteiger partial charge < -0.3 is 14.4 Å². The van der Waals surface area contributed by atoms with Crippen LogP contribution in [0.1, 0.15) is 11.8 Å². The lowest BCUT2D eigenvalue weighted by Gasteiger charge is -2.21. The third kappa shape index (κ3) is 4.39. The molecule has 0 radical (unpaired) electrons. The van der Waals surface area contributed by atoms with Gasteiger partial charge >= 0.3 is 0 Å². The number of nitrogens with zero attached hydrogens (tertiary/aromatic N) is 1. The van der Waals surface area contributed by atoms with Crippen LogP contribution in [-0.4, -0.2) is 31.1 Å². The number of amides is 1. The second-order valence-electron chi connectivity index (χ2n) is 4.84. The third-order valence-corrected chi connectivity index (χ3v) is 4.33. The molecule has 0 aliphatic carbocycles. The average Bonchev–Trinajstić information content (AvgIpc) is 2.92. The molecule has 0 saturated heterocycles. The molecule has 6 heteroatoms. The molecule has 1 aromatic heterocycles. The van der Waals surface area contributed by atoms with Gasteiger partial charge in [0.25, 0.3) is 5.91 Å². The Labute approximate surface area is 139 Å². The first-order valence-electron chi connectivity index (χ1n) is 6.79. The molecular formula is C16H18ClNO3S. The first-order valence-corrected chi connectivity index (χ1v) is 7.99. The van der Waals surface area contributed by atoms with Gasteiger partial charge in [-0.25, -0.2) is 0 Å². The van der Waals surface area contributed by atoms with Gasteiger partial charge in [0, 0.05) is 11.9 Å². The van der Waals surface area contributed by atoms with E-state index in [2.05, 4.69) is 0 Å². The van der Waals surface area contributed by atoms with Gasteiger partial charge in [0.15, 0.2) is 6.10 Å². The van der Waals surface area contributed by atoms with Gasteiger partial charge in [-0.1, -0.05) is 11.6 Å². The van der Waals surface area contributed by atoms with Crippen LogP contribution in [0.4, 0.5) is 0 Å². The summed E-state index contributed by atoms with van der Waals surface area (Å²) < 4.78 is 11.5. The minimum Gasteiger partial charge on any atom is -0.497 e. The van der Waals surface area contributed by atoms with E-state index in [0.717, 1.165) is 15.0 Å². The van der Waals surface area contributed by atoms with Crippen molar-refractivity contribution < 1.29 is 14.3 Å². The van der Waals surface area contributed by atoms with Crippen molar-refractivity contribution in [3.63, 3.8) is 0 Å². The molecule has 1 heterocycles. The lowest BCUT2D eigenvalue weighted by Crippen LogP contribution is -2.37. The van der Waals surface area contributed by atoms with Crippen LogP contribution in [0, 0.1) is 0 Å². The average molecular weight is 340 g/mol. The van der Waals surface area contributed by atoms with Gasteiger partial charge in [0.05, 0.1) is 18.0 Å². The maximum Gasteiger partial charge on any atom is 0.263 e. The summed E-state index contributed by atoms with van der Waals surface area (Å²) in [4.78, 5) is 15.0. The molecule has 2 rings (SSSR count). The van der Waals surface area contributed by atoms with E-state index < -0.39 is 6.10 Å². The fourth-order valence-corrected chi connectivity index (χ4v) is 3.11. The normalized spacial score (nSPS) is 11.8. The summed E-state index contributed by atoms with van der Waals surface area (Å²) in [6, 6.07) is 10.9. The molecule has 118 valence electrons. The molecule has 0 bridgehead atoms. The van der Waals surface area contributed by atoms with Crippen molar-refractivity contribution in [3.8, 4) is 11.5 Å². The van der Waals surface area contributed by atoms with Crippen LogP contribution in [0.15, 0.2) is 36.4 Å². The summed E-state index contributed by atoms with van der Waals surface area (Å²) in [5.74, 6) is 1.30. The largest absolute Gasteiger partial charge is 0.497 e. The summed E-state index contributed by atoms with van der Waals surface area (Å²) in [5, 5.41) is 0. The first kappa shape index (κ1) is 16.6. The number of benzene rings is 1. The zero-order valence-electron chi connectivity index (χ0n) is 12.7. The van der Waals surface area contributed by atoms with E-state index in [1.807, 2.05) is 12.1 Å². The van der Waals surface area contributed by atoms with Gasteiger partial charge in [-0.15, -0.1) is 11.3 Å². The maximum absolute atomic E-state index is 12.3. The number of thiophene rings is 1. The number of carbonyl (C=O) groups excluding carboxylic acids is 1. The minimum absolute atomic E-state index is 0.0830. The summed E-state index contributed by atoms with van der Waals surface area (Å²) in [6.07, 6.45) is -0.561. The van der Waals surface area contributed by atoms with Crippen LogP contribution in [0.25, 0.3) is 0 Å². The zero-order valence-corrected chi connectivity index (χ0v) is 14.3. The highest BCUT2D eigenvalue weighted by molar-refractivity contribution is 7.16. The molecule has 0 saturated carbocycles. The fraction of sp³-hybridized carbons (Fsp3) is 0.312. The van der Waals surface area contributed by atoms with E-state index in [1.54, 1.807) is 50.2 Å². The SMILES string of the molecule is COc1ccc(OC(C)C(=O)N(C)Cc2ccc(Cl)s2)cc1. The van der Waals surface area contributed by atoms with Gasteiger partial charge in [-0.05, 0) is 43.3 Å². The number of likely N-dealkylation sites (N-methyl/N-ethyl adjacent to an activating group) is 1. The highest BCUT2D eigenvalue weighted by Gasteiger charge is 2.19. The standard InChI is InChI=1S/C16H18ClNO3S/c1-11(21-13-6-4-12(20-3)5-7-13)16(19)18(2)10-14-8-9-15(17)22-14/h4-9,11H,10H2,1-3H3. The summed E-state index contributed by atoms with van der Waals surface area (Å²) >= 11 is 7.37. The fourth-order valence-electron chi connectivity index (χ4n) is 1.97. The van der Waals surface area contributed by atoms with Crippen LogP contribution in [0.2, 0.25) is 4.34 Å². The predicted octanol–water partition coefficient (Wildman–Crippen LogP) is 3.84. The monoisotopic (exact) mass is 339 g/mol. The van der Waals surface area contributed by atoms with Crippen molar-refractivity contribution in [2.24, 2.45) is 0 Å². The Bertz CT molecular complexity index is 627. The third-order valence-electron chi connectivity index (χ3n) is 3.12. The minimum atomic E-state index is -0.561. The van der Waals surface area contributed by atoms with E-state index in [9.17, 15) is 4.79 Å². The molecule has 2 aromatic rings. The molecule has 1 unspecified atom stereocenters. The van der Waals surface area contributed by atoms with Crippen LogP contribution in [0.5, 0.6) is 11.5 Å². The molecule has 0 aliphatic rings. The lowest BCUT2D eigenvalue weighted by atomic mass is 10.3. The molecule has 0 aliphatic heterocycles. The second-order valence-corrected chi connectivity index (χ2v) is 6.64. The van der Waals surface area contributed by atoms with Gasteiger partial charge in [0.1, 0.15) is 11.5 Å². The molecule has 4 nitrogen and oxygen atoms in total. The Morgan fingerprint density at radius 1 is 1.23 bits per heavy atom. The Kier molecular flexibility index (Phi) is 5.69. The Balaban J connectivity index is 1.92. The van der Waals surface area contributed by atoms with Crippen molar-refractivity contribution in [2.45, 2.75) is 19.6 Å². The van der Waals surface area contributed by atoms with Gasteiger partial charge in [-0.2, -0.15) is 0 Å². The van der Waals surface area contributed by atoms with Crippen LogP contribution in [-0.2, 0) is 11.3 Å². The number of halogens is 1. The number of rotatable bonds is 6. The number of hydrogen-bond acceptors (Lipinski definition) is 4. The summed E-state index contributed by atoms with van der Waals surface area (Å²) in [5.41, 5.74) is 0. The van der Waals surface area contributed by atoms with Crippen LogP contribution < -0.4 is 9.47 Å². The molecule has 22 heavy (non-hydrogen) atoms. The van der Waals surface area contributed by atoms with Crippen molar-refractivity contribution in [3.05, 3.63) is 45.6 Å². The van der Waals surface area contributed by atoms with Crippen LogP contribution >= 0.6 is 22.9 Å². The van der Waals surface area contributed by atoms with E-state index in [4.69, 9.17) is 21.1 Å². The topological polar surface area (TPSA) is 38.8 Å². The van der Waals surface area contributed by atoms with Crippen molar-refractivity contribution >= 4 is 28.8 Å². The highest BCUT2D eigenvalue weighted by atomic mass is 35.5. The number of carbonyl (C=O) groups is 1. The summed E-state index contributed by atoms with van der Waals surface area (Å²) in [7, 11) is 3.36. The van der Waals surface area contributed by atoms with Crippen molar-refractivity contribution in [2.75, 3.05) is 14.2 Å². The maximum atomic E-state index is 12.3. The van der Waals surface area contributed by atoms with Crippen molar-refractivity contribution in [1.82, 2.24) is 4.90 Å². The smallest absolute Gasteiger partial charge is 0.263 e. The molecule has 1 amide bonds. The molecule has 0 spiro atoms. The second kappa shape index (κ2) is 7.51. The lowest BCUT2D eigenvalue weighted by molar-refractivity contribution is -0.137. The van der Waals surface area contributed by atoms with E-state index in [0.29, 0.717) is 12.3 Å². The number of methoxy groups -OCH3 is 1. The zero-order chi connectivity index (χ0) is 16.1. The van der Waals surface area contributed by atoms with Gasteiger partial charge in [0.2, 0.25) is 0 Å². The summed E-state index contributed by atoms with van der Waals surface area (Å²) in [6.45, 7) is 2.26. The van der Waals surface area contributed by atoms with E-state index in [-0.39, 0.29) is 5.91 Å². The highest BCUT2D eigenvalue weighted by Crippen LogP contribution is 2.23. The Morgan fingerprint density at radius 3 is 2.41 bits per heavy atom. The van der Waals surface area contributed by atoms with Gasteiger partial charge in [-0.3, -0.25) is 4.79 Å². The Hall–Kier alpha value is -1.72. The first-order chi connectivity index (χ1) is 10.5. The number of ether oxygens (including phenoxy) is 2. The number of hydrogen-bond donors (Lipinski definition) is 0. The predicted molar refractivity (Wildman–Crippen MR) is 88.9 cm³/mol. The van der Waals surface area contributed by atoms with Crippen molar-refractivity contribution in [1.29, 1.82) is 0 Å². The van der Waals surface area contributed by atoms with Crippen LogP contribution in [0.3, 0.4) is 0 Å². The molecule has 1 aromatic carbocycles. The quantitative estimate of drug-likeness (QED) is 0.802. The molecule has 0 fully saturated rings. The van der Waals surface area contributed by atoms with E-state index in [1.165, 1.54) is 11.3 Å². The molecular weight excluding hydrogens is 322 g/mol.